The van der Waals surface area contributed by atoms with Crippen LogP contribution in [0.25, 0.3) is 0 Å². The van der Waals surface area contributed by atoms with E-state index in [1.54, 1.807) is 30.0 Å². The summed E-state index contributed by atoms with van der Waals surface area (Å²) in [6.07, 6.45) is 2.64. The van der Waals surface area contributed by atoms with Crippen LogP contribution in [0.15, 0.2) is 18.2 Å². The number of aryl methyl sites for hydroxylation is 1. The molecule has 0 amide bonds. The maximum Gasteiger partial charge on any atom is 0.264 e. The highest BCUT2D eigenvalue weighted by atomic mass is 32.2. The van der Waals surface area contributed by atoms with Crippen LogP contribution >= 0.6 is 0 Å². The molecule has 0 N–H and O–H groups in total. The molecule has 24 heavy (non-hydrogen) atoms. The summed E-state index contributed by atoms with van der Waals surface area (Å²) in [5, 5.41) is 0. The van der Waals surface area contributed by atoms with Gasteiger partial charge in [0.1, 0.15) is 6.29 Å². The highest BCUT2D eigenvalue weighted by molar-refractivity contribution is 7.86. The molecule has 0 aliphatic rings. The van der Waals surface area contributed by atoms with E-state index < -0.39 is 20.2 Å². The smallest absolute Gasteiger partial charge is 0.264 e. The second-order valence-electron chi connectivity index (χ2n) is 5.20. The van der Waals surface area contributed by atoms with Crippen LogP contribution in [0.1, 0.15) is 15.9 Å². The summed E-state index contributed by atoms with van der Waals surface area (Å²) in [5.41, 5.74) is 1.99. The molecule has 0 heterocycles. The minimum atomic E-state index is -3.56. The van der Waals surface area contributed by atoms with Crippen LogP contribution in [0, 0.1) is 6.92 Å². The molecular formula is C14H21NO7S2. The fourth-order valence-electron chi connectivity index (χ4n) is 1.96. The van der Waals surface area contributed by atoms with Gasteiger partial charge in [0.2, 0.25) is 0 Å². The first kappa shape index (κ1) is 20.6. The van der Waals surface area contributed by atoms with Crippen molar-refractivity contribution in [2.45, 2.75) is 6.92 Å². The third kappa shape index (κ3) is 7.86. The number of anilines is 1. The van der Waals surface area contributed by atoms with Crippen molar-refractivity contribution in [2.24, 2.45) is 0 Å². The highest BCUT2D eigenvalue weighted by Crippen LogP contribution is 2.18. The number of carbonyl (C=O) groups excluding carboxylic acids is 1. The second-order valence-corrected chi connectivity index (χ2v) is 8.49. The van der Waals surface area contributed by atoms with Crippen molar-refractivity contribution in [2.75, 3.05) is 43.7 Å². The molecule has 0 bridgehead atoms. The molecule has 1 rings (SSSR count). The second kappa shape index (κ2) is 8.56. The average molecular weight is 379 g/mol. The maximum atomic E-state index is 11.0. The topological polar surface area (TPSA) is 107 Å². The molecule has 10 heteroatoms. The molecule has 1 aromatic carbocycles. The number of hydrogen-bond donors (Lipinski definition) is 0. The Balaban J connectivity index is 2.86. The number of rotatable bonds is 10. The first-order chi connectivity index (χ1) is 11.0. The van der Waals surface area contributed by atoms with E-state index in [1.807, 2.05) is 0 Å². The number of benzene rings is 1. The first-order valence-corrected chi connectivity index (χ1v) is 10.6. The summed E-state index contributed by atoms with van der Waals surface area (Å²) in [6, 6.07) is 5.09. The van der Waals surface area contributed by atoms with E-state index in [2.05, 4.69) is 0 Å². The van der Waals surface area contributed by atoms with E-state index in [0.717, 1.165) is 24.4 Å². The molecule has 0 aliphatic heterocycles. The standard InChI is InChI=1S/C14H21NO7S2/c1-12-10-14(5-4-13(12)11-16)15(6-8-21-23(2,17)18)7-9-22-24(3,19)20/h4-5,10-11H,6-9H2,1-3H3. The van der Waals surface area contributed by atoms with Gasteiger partial charge in [-0.15, -0.1) is 0 Å². The molecule has 8 nitrogen and oxygen atoms in total. The predicted molar refractivity (Wildman–Crippen MR) is 90.4 cm³/mol. The number of aldehydes is 1. The molecule has 0 spiro atoms. The van der Waals surface area contributed by atoms with Gasteiger partial charge in [-0.2, -0.15) is 16.8 Å². The van der Waals surface area contributed by atoms with Crippen LogP contribution in [0.3, 0.4) is 0 Å². The zero-order valence-electron chi connectivity index (χ0n) is 13.8. The van der Waals surface area contributed by atoms with Gasteiger partial charge < -0.3 is 4.90 Å². The van der Waals surface area contributed by atoms with Crippen LogP contribution in [-0.2, 0) is 28.6 Å². The predicted octanol–water partition coefficient (Wildman–Crippen LogP) is 0.566. The lowest BCUT2D eigenvalue weighted by Gasteiger charge is -2.25. The molecular weight excluding hydrogens is 358 g/mol. The molecule has 0 aromatic heterocycles. The summed E-state index contributed by atoms with van der Waals surface area (Å²) in [5.74, 6) is 0. The van der Waals surface area contributed by atoms with Crippen molar-refractivity contribution in [3.05, 3.63) is 29.3 Å². The van der Waals surface area contributed by atoms with E-state index in [-0.39, 0.29) is 26.3 Å². The molecule has 0 atom stereocenters. The number of nitrogens with zero attached hydrogens (tertiary/aromatic N) is 1. The summed E-state index contributed by atoms with van der Waals surface area (Å²) in [4.78, 5) is 12.6. The summed E-state index contributed by atoms with van der Waals surface area (Å²) >= 11 is 0. The van der Waals surface area contributed by atoms with Gasteiger partial charge >= 0.3 is 0 Å². The maximum absolute atomic E-state index is 11.0. The fourth-order valence-corrected chi connectivity index (χ4v) is 2.71. The summed E-state index contributed by atoms with van der Waals surface area (Å²) < 4.78 is 53.6. The molecule has 0 saturated heterocycles. The normalized spacial score (nSPS) is 12.1. The third-order valence-corrected chi connectivity index (χ3v) is 4.25. The molecule has 0 radical (unpaired) electrons. The van der Waals surface area contributed by atoms with Crippen LogP contribution < -0.4 is 4.90 Å². The Bertz CT molecular complexity index is 734. The Labute approximate surface area is 142 Å². The van der Waals surface area contributed by atoms with Gasteiger partial charge in [0.15, 0.2) is 0 Å². The van der Waals surface area contributed by atoms with Gasteiger partial charge in [-0.25, -0.2) is 0 Å². The molecule has 136 valence electrons. The molecule has 1 aromatic rings. The van der Waals surface area contributed by atoms with E-state index in [9.17, 15) is 21.6 Å². The van der Waals surface area contributed by atoms with E-state index in [1.165, 1.54) is 0 Å². The molecule has 0 unspecified atom stereocenters. The lowest BCUT2D eigenvalue weighted by molar-refractivity contribution is 0.112. The monoisotopic (exact) mass is 379 g/mol. The average Bonchev–Trinajstić information content (AvgIpc) is 2.43. The van der Waals surface area contributed by atoms with Crippen molar-refractivity contribution < 1.29 is 30.0 Å². The Kier molecular flexibility index (Phi) is 7.33. The van der Waals surface area contributed by atoms with Crippen molar-refractivity contribution >= 4 is 32.2 Å². The van der Waals surface area contributed by atoms with E-state index in [4.69, 9.17) is 8.37 Å². The third-order valence-electron chi connectivity index (χ3n) is 3.06. The Morgan fingerprint density at radius 1 is 1.00 bits per heavy atom. The van der Waals surface area contributed by atoms with Crippen molar-refractivity contribution in [1.82, 2.24) is 0 Å². The van der Waals surface area contributed by atoms with Crippen molar-refractivity contribution in [1.29, 1.82) is 0 Å². The number of hydrogen-bond acceptors (Lipinski definition) is 8. The van der Waals surface area contributed by atoms with Crippen LogP contribution in [0.4, 0.5) is 5.69 Å². The van der Waals surface area contributed by atoms with Gasteiger partial charge in [0, 0.05) is 24.3 Å². The summed E-state index contributed by atoms with van der Waals surface area (Å²) in [7, 11) is -7.13. The van der Waals surface area contributed by atoms with E-state index in [0.29, 0.717) is 11.3 Å². The molecule has 0 aliphatic carbocycles. The minimum Gasteiger partial charge on any atom is -0.367 e. The van der Waals surface area contributed by atoms with Crippen LogP contribution in [-0.4, -0.2) is 61.9 Å². The quantitative estimate of drug-likeness (QED) is 0.429. The lowest BCUT2D eigenvalue weighted by Crippen LogP contribution is -2.32. The Morgan fingerprint density at radius 2 is 1.50 bits per heavy atom. The first-order valence-electron chi connectivity index (χ1n) is 7.01. The fraction of sp³-hybridized carbons (Fsp3) is 0.500. The number of carbonyl (C=O) groups is 1. The SMILES string of the molecule is Cc1cc(N(CCOS(C)(=O)=O)CCOS(C)(=O)=O)ccc1C=O. The van der Waals surface area contributed by atoms with Crippen molar-refractivity contribution in [3.8, 4) is 0 Å². The van der Waals surface area contributed by atoms with Crippen LogP contribution in [0.5, 0.6) is 0 Å². The lowest BCUT2D eigenvalue weighted by atomic mass is 10.1. The van der Waals surface area contributed by atoms with Crippen LogP contribution in [0.2, 0.25) is 0 Å². The largest absolute Gasteiger partial charge is 0.367 e. The highest BCUT2D eigenvalue weighted by Gasteiger charge is 2.12. The van der Waals surface area contributed by atoms with Gasteiger partial charge in [0.05, 0.1) is 25.7 Å². The Hall–Kier alpha value is -1.49. The summed E-state index contributed by atoms with van der Waals surface area (Å²) in [6.45, 7) is 2.00. The van der Waals surface area contributed by atoms with Crippen molar-refractivity contribution in [3.63, 3.8) is 0 Å². The van der Waals surface area contributed by atoms with E-state index >= 15 is 0 Å². The minimum absolute atomic E-state index is 0.0911. The van der Waals surface area contributed by atoms with Gasteiger partial charge in [-0.3, -0.25) is 13.2 Å². The van der Waals surface area contributed by atoms with Gasteiger partial charge in [-0.1, -0.05) is 0 Å². The molecule has 0 fully saturated rings. The zero-order chi connectivity index (χ0) is 18.4. The molecule has 0 saturated carbocycles. The van der Waals surface area contributed by atoms with Gasteiger partial charge in [-0.05, 0) is 30.7 Å². The van der Waals surface area contributed by atoms with Gasteiger partial charge in [0.25, 0.3) is 20.2 Å². The zero-order valence-corrected chi connectivity index (χ0v) is 15.4. The Morgan fingerprint density at radius 3 is 1.88 bits per heavy atom.